The van der Waals surface area contributed by atoms with Crippen LogP contribution < -0.4 is 31.9 Å². The van der Waals surface area contributed by atoms with Gasteiger partial charge in [0.2, 0.25) is 47.3 Å². The number of likely N-dealkylation sites (N-methyl/N-ethyl adjacent to an activating group) is 2. The van der Waals surface area contributed by atoms with E-state index in [1.165, 1.54) is 14.2 Å². The van der Waals surface area contributed by atoms with Crippen LogP contribution in [0.4, 0.5) is 0 Å². The van der Waals surface area contributed by atoms with Crippen molar-refractivity contribution in [2.75, 3.05) is 61.5 Å². The van der Waals surface area contributed by atoms with Gasteiger partial charge in [0.15, 0.2) is 0 Å². The van der Waals surface area contributed by atoms with E-state index in [0.717, 1.165) is 22.6 Å². The summed E-state index contributed by atoms with van der Waals surface area (Å²) in [6.07, 6.45) is 2.92. The molecule has 1 fully saturated rings. The number of carbonyl (C=O) groups is 10. The van der Waals surface area contributed by atoms with Gasteiger partial charge in [0, 0.05) is 72.4 Å². The molecular weight excluding hydrogens is 1050 g/mol. The zero-order chi connectivity index (χ0) is 61.7. The van der Waals surface area contributed by atoms with Crippen molar-refractivity contribution < 1.29 is 57.4 Å². The summed E-state index contributed by atoms with van der Waals surface area (Å²) in [5.74, 6) is -6.49. The lowest BCUT2D eigenvalue weighted by molar-refractivity contribution is -0.148. The lowest BCUT2D eigenvalue weighted by Crippen LogP contribution is -2.60. The van der Waals surface area contributed by atoms with Gasteiger partial charge >= 0.3 is 0 Å². The fourth-order valence-corrected chi connectivity index (χ4v) is 11.0. The molecule has 0 radical (unpaired) electrons. The number of nitrogens with zero attached hydrogens (tertiary/aromatic N) is 4. The summed E-state index contributed by atoms with van der Waals surface area (Å²) >= 11 is 0. The molecule has 460 valence electrons. The minimum atomic E-state index is -1.17. The molecule has 10 amide bonds. The Balaban J connectivity index is 1.79. The molecule has 1 unspecified atom stereocenters. The summed E-state index contributed by atoms with van der Waals surface area (Å²) in [7, 11) is 8.37. The summed E-state index contributed by atoms with van der Waals surface area (Å²) in [6.45, 7) is 20.9. The Morgan fingerprint density at radius 3 is 1.77 bits per heavy atom. The van der Waals surface area contributed by atoms with E-state index in [4.69, 9.17) is 9.47 Å². The minimum absolute atomic E-state index is 0.00481. The van der Waals surface area contributed by atoms with Gasteiger partial charge in [-0.2, -0.15) is 0 Å². The lowest BCUT2D eigenvalue weighted by atomic mass is 9.89. The van der Waals surface area contributed by atoms with Crippen LogP contribution in [0.5, 0.6) is 0 Å². The first-order chi connectivity index (χ1) is 38.6. The van der Waals surface area contributed by atoms with Gasteiger partial charge in [-0.05, 0) is 62.1 Å². The van der Waals surface area contributed by atoms with Crippen molar-refractivity contribution in [2.45, 2.75) is 176 Å². The number of hydrogen-bond donors (Lipinski definition) is 6. The Morgan fingerprint density at radius 1 is 0.659 bits per heavy atom. The molecule has 2 aliphatic heterocycles. The molecule has 0 spiro atoms. The monoisotopic (exact) mass is 1150 g/mol. The predicted molar refractivity (Wildman–Crippen MR) is 312 cm³/mol. The molecule has 0 saturated carbocycles. The van der Waals surface area contributed by atoms with Crippen LogP contribution in [0.3, 0.4) is 0 Å². The zero-order valence-electron chi connectivity index (χ0n) is 51.7. The van der Waals surface area contributed by atoms with Crippen LogP contribution in [0.25, 0.3) is 0 Å². The Morgan fingerprint density at radius 2 is 1.23 bits per heavy atom. The first-order valence-electron chi connectivity index (χ1n) is 29.3. The predicted octanol–water partition coefficient (Wildman–Crippen LogP) is 2.58. The van der Waals surface area contributed by atoms with Gasteiger partial charge in [0.05, 0.1) is 42.7 Å². The third-order valence-corrected chi connectivity index (χ3v) is 16.1. The number of hydrogen-bond acceptors (Lipinski definition) is 13. The van der Waals surface area contributed by atoms with Gasteiger partial charge in [-0.1, -0.05) is 119 Å². The van der Waals surface area contributed by atoms with Crippen molar-refractivity contribution in [2.24, 2.45) is 35.5 Å². The molecular formula is C60H98N10O12. The fourth-order valence-electron chi connectivity index (χ4n) is 11.0. The summed E-state index contributed by atoms with van der Waals surface area (Å²) in [5.41, 5.74) is 0.738. The van der Waals surface area contributed by atoms with Crippen LogP contribution in [0.1, 0.15) is 120 Å². The Labute approximate surface area is 487 Å². The summed E-state index contributed by atoms with van der Waals surface area (Å²) in [6, 6.07) is 3.43. The highest BCUT2D eigenvalue weighted by atomic mass is 16.5. The number of amides is 10. The molecule has 1 aromatic carbocycles. The topological polar surface area (TPSA) is 274 Å². The Kier molecular flexibility index (Phi) is 28.8. The third-order valence-electron chi connectivity index (χ3n) is 16.1. The van der Waals surface area contributed by atoms with Crippen molar-refractivity contribution in [1.82, 2.24) is 51.5 Å². The highest BCUT2D eigenvalue weighted by Gasteiger charge is 2.44. The van der Waals surface area contributed by atoms with Gasteiger partial charge in [-0.15, -0.1) is 0 Å². The van der Waals surface area contributed by atoms with Crippen LogP contribution in [0.2, 0.25) is 0 Å². The standard InChI is InChI=1S/C60H98N10O12/c1-17-38(9)51(58(78)64-49(35(3)4)57(77)62-30-29-61-45(71)28-32-70-46(72)26-27-47(70)73)66-56(76)42(33-41-23-20-19-21-24-41)63-55(75)40(11)54(82-16)43-25-22-31-69(43)48(74)34-44(81-15)53(39(10)18-2)68(14)60(80)50(36(5)6)65-59(79)52(37(7)8)67(12)13/h19-21,23-24,26-27,35-40,42-44,49-54H,17-18,22,25,28-34H2,1-16H3,(H,61,71)(H,62,77)(H,63,75)(H,64,78)(H,65,79)(H,66,76)/t38-,39-,40+,42-,43-,44+,49-,50-,51-,52-,53-,54?/m0/s1. The average molecular weight is 1150 g/mol. The summed E-state index contributed by atoms with van der Waals surface area (Å²) in [5, 5.41) is 17.1. The number of methoxy groups -OCH3 is 2. The van der Waals surface area contributed by atoms with E-state index < -0.39 is 114 Å². The number of nitrogens with one attached hydrogen (secondary N) is 6. The molecule has 0 aromatic heterocycles. The van der Waals surface area contributed by atoms with E-state index in [1.54, 1.807) is 44.5 Å². The molecule has 0 aliphatic carbocycles. The van der Waals surface area contributed by atoms with E-state index in [0.29, 0.717) is 32.2 Å². The summed E-state index contributed by atoms with van der Waals surface area (Å²) in [4.78, 5) is 142. The molecule has 1 saturated heterocycles. The van der Waals surface area contributed by atoms with E-state index in [1.807, 2.05) is 97.8 Å². The maximum absolute atomic E-state index is 14.6. The first-order valence-corrected chi connectivity index (χ1v) is 29.3. The van der Waals surface area contributed by atoms with Gasteiger partial charge in [0.1, 0.15) is 24.2 Å². The highest BCUT2D eigenvalue weighted by Crippen LogP contribution is 2.30. The molecule has 1 aromatic rings. The van der Waals surface area contributed by atoms with E-state index in [-0.39, 0.29) is 74.4 Å². The van der Waals surface area contributed by atoms with Gasteiger partial charge in [-0.3, -0.25) is 57.7 Å². The highest BCUT2D eigenvalue weighted by molar-refractivity contribution is 6.13. The molecule has 0 bridgehead atoms. The largest absolute Gasteiger partial charge is 0.379 e. The molecule has 82 heavy (non-hydrogen) atoms. The summed E-state index contributed by atoms with van der Waals surface area (Å²) < 4.78 is 12.2. The molecule has 2 heterocycles. The van der Waals surface area contributed by atoms with E-state index in [2.05, 4.69) is 31.9 Å². The minimum Gasteiger partial charge on any atom is -0.379 e. The smallest absolute Gasteiger partial charge is 0.253 e. The van der Waals surface area contributed by atoms with Crippen molar-refractivity contribution in [3.05, 3.63) is 48.0 Å². The normalized spacial score (nSPS) is 18.5. The Hall–Kier alpha value is -6.26. The van der Waals surface area contributed by atoms with E-state index >= 15 is 0 Å². The van der Waals surface area contributed by atoms with Crippen molar-refractivity contribution in [1.29, 1.82) is 0 Å². The van der Waals surface area contributed by atoms with Gasteiger partial charge in [0.25, 0.3) is 11.8 Å². The lowest BCUT2D eigenvalue weighted by Gasteiger charge is -2.41. The molecule has 2 aliphatic rings. The van der Waals surface area contributed by atoms with Gasteiger partial charge in [-0.25, -0.2) is 0 Å². The van der Waals surface area contributed by atoms with Crippen LogP contribution >= 0.6 is 0 Å². The second-order valence-corrected chi connectivity index (χ2v) is 23.4. The number of rotatable bonds is 34. The van der Waals surface area contributed by atoms with Crippen molar-refractivity contribution >= 4 is 59.1 Å². The molecule has 22 nitrogen and oxygen atoms in total. The first kappa shape index (κ1) is 70.0. The van der Waals surface area contributed by atoms with Crippen molar-refractivity contribution in [3.8, 4) is 0 Å². The van der Waals surface area contributed by atoms with E-state index in [9.17, 15) is 47.9 Å². The SMILES string of the molecule is CC[C@H](C)[C@@H]([C@@H](CC(=O)N1CCC[C@H]1C(OC)[C@@H](C)C(=O)N[C@@H](Cc1ccccc1)C(=O)N[C@H](C(=O)N[C@H](C(=O)NCCNC(=O)CCN1C(=O)C=CC1=O)C(C)C)[C@@H](C)CC)OC)N(C)C(=O)[C@@H](NC(=O)[C@H](C(C)C)N(C)C)C(C)C. The van der Waals surface area contributed by atoms with Crippen LogP contribution in [0, 0.1) is 35.5 Å². The van der Waals surface area contributed by atoms with Gasteiger partial charge < -0.3 is 51.2 Å². The number of imide groups is 1. The Bertz CT molecular complexity index is 2320. The van der Waals surface area contributed by atoms with Crippen LogP contribution in [-0.2, 0) is 63.8 Å². The van der Waals surface area contributed by atoms with Crippen LogP contribution in [-0.4, -0.2) is 195 Å². The molecule has 6 N–H and O–H groups in total. The van der Waals surface area contributed by atoms with Crippen molar-refractivity contribution in [3.63, 3.8) is 0 Å². The number of benzene rings is 1. The number of ether oxygens (including phenoxy) is 2. The number of carbonyl (C=O) groups excluding carboxylic acids is 10. The second kappa shape index (κ2) is 33.7. The molecule has 22 heteroatoms. The third kappa shape index (κ3) is 19.7. The number of likely N-dealkylation sites (tertiary alicyclic amines) is 1. The average Bonchev–Trinajstić information content (AvgIpc) is 4.12. The zero-order valence-corrected chi connectivity index (χ0v) is 51.7. The molecule has 3 rings (SSSR count). The molecule has 12 atom stereocenters. The fraction of sp³-hybridized carbons (Fsp3) is 0.700. The second-order valence-electron chi connectivity index (χ2n) is 23.4. The quantitative estimate of drug-likeness (QED) is 0.0429. The maximum atomic E-state index is 14.6. The van der Waals surface area contributed by atoms with Crippen LogP contribution in [0.15, 0.2) is 42.5 Å². The maximum Gasteiger partial charge on any atom is 0.253 e.